The molecule has 0 spiro atoms. The zero-order valence-corrected chi connectivity index (χ0v) is 18.3. The molecule has 0 bridgehead atoms. The summed E-state index contributed by atoms with van der Waals surface area (Å²) in [4.78, 5) is 24.0. The number of hydrogen-bond acceptors (Lipinski definition) is 6. The molecule has 0 radical (unpaired) electrons. The Labute approximate surface area is 187 Å². The summed E-state index contributed by atoms with van der Waals surface area (Å²) >= 11 is 1.54. The monoisotopic (exact) mass is 464 g/mol. The molecule has 7 nitrogen and oxygen atoms in total. The number of carbonyl (C=O) groups excluding carboxylic acids is 1. The maximum absolute atomic E-state index is 13.2. The second kappa shape index (κ2) is 9.35. The van der Waals surface area contributed by atoms with E-state index in [0.29, 0.717) is 10.8 Å². The van der Waals surface area contributed by atoms with Crippen LogP contribution in [0.25, 0.3) is 11.0 Å². The minimum atomic E-state index is -4.59. The van der Waals surface area contributed by atoms with Gasteiger partial charge >= 0.3 is 6.18 Å². The SMILES string of the molecule is CCSc1nc(N2CCCC2)c2cnn(CCNC(=O)c3ccccc3C(F)(F)F)c2n1. The van der Waals surface area contributed by atoms with Crippen molar-refractivity contribution in [1.82, 2.24) is 25.1 Å². The molecule has 0 aliphatic carbocycles. The second-order valence-electron chi connectivity index (χ2n) is 7.36. The van der Waals surface area contributed by atoms with Crippen LogP contribution in [0.3, 0.4) is 0 Å². The van der Waals surface area contributed by atoms with Gasteiger partial charge in [0.25, 0.3) is 5.91 Å². The molecule has 1 amide bonds. The summed E-state index contributed by atoms with van der Waals surface area (Å²) in [5.74, 6) is 0.912. The van der Waals surface area contributed by atoms with E-state index in [0.717, 1.165) is 49.0 Å². The fraction of sp³-hybridized carbons (Fsp3) is 0.429. The molecule has 4 rings (SSSR count). The Morgan fingerprint density at radius 3 is 2.66 bits per heavy atom. The van der Waals surface area contributed by atoms with Crippen molar-refractivity contribution < 1.29 is 18.0 Å². The highest BCUT2D eigenvalue weighted by molar-refractivity contribution is 7.99. The molecule has 2 aromatic heterocycles. The van der Waals surface area contributed by atoms with Gasteiger partial charge in [0.1, 0.15) is 5.82 Å². The van der Waals surface area contributed by atoms with Gasteiger partial charge < -0.3 is 10.2 Å². The Kier molecular flexibility index (Phi) is 6.54. The van der Waals surface area contributed by atoms with Crippen molar-refractivity contribution in [3.63, 3.8) is 0 Å². The molecule has 1 aliphatic rings. The Bertz CT molecular complexity index is 1110. The van der Waals surface area contributed by atoms with Crippen LogP contribution in [0.1, 0.15) is 35.7 Å². The van der Waals surface area contributed by atoms with Gasteiger partial charge in [-0.2, -0.15) is 18.3 Å². The minimum absolute atomic E-state index is 0.112. The van der Waals surface area contributed by atoms with Crippen LogP contribution >= 0.6 is 11.8 Å². The first-order chi connectivity index (χ1) is 15.4. The second-order valence-corrected chi connectivity index (χ2v) is 8.59. The Morgan fingerprint density at radius 2 is 1.94 bits per heavy atom. The number of aromatic nitrogens is 4. The van der Waals surface area contributed by atoms with Crippen LogP contribution in [0.5, 0.6) is 0 Å². The first-order valence-electron chi connectivity index (χ1n) is 10.4. The summed E-state index contributed by atoms with van der Waals surface area (Å²) in [5.41, 5.74) is -0.695. The zero-order valence-electron chi connectivity index (χ0n) is 17.5. The van der Waals surface area contributed by atoms with Crippen molar-refractivity contribution in [1.29, 1.82) is 0 Å². The number of alkyl halides is 3. The number of nitrogens with one attached hydrogen (secondary N) is 1. The van der Waals surface area contributed by atoms with Crippen molar-refractivity contribution in [2.45, 2.75) is 37.6 Å². The Hall–Kier alpha value is -2.82. The van der Waals surface area contributed by atoms with Gasteiger partial charge in [-0.25, -0.2) is 14.6 Å². The van der Waals surface area contributed by atoms with Crippen LogP contribution < -0.4 is 10.2 Å². The van der Waals surface area contributed by atoms with Crippen molar-refractivity contribution >= 4 is 34.5 Å². The molecule has 1 aliphatic heterocycles. The molecule has 1 fully saturated rings. The third kappa shape index (κ3) is 4.67. The molecule has 1 N–H and O–H groups in total. The lowest BCUT2D eigenvalue weighted by atomic mass is 10.1. The highest BCUT2D eigenvalue weighted by Crippen LogP contribution is 2.32. The number of fused-ring (bicyclic) bond motifs is 1. The van der Waals surface area contributed by atoms with Gasteiger partial charge in [0.2, 0.25) is 0 Å². The van der Waals surface area contributed by atoms with E-state index >= 15 is 0 Å². The molecule has 32 heavy (non-hydrogen) atoms. The van der Waals surface area contributed by atoms with E-state index in [9.17, 15) is 18.0 Å². The first-order valence-corrected chi connectivity index (χ1v) is 11.4. The minimum Gasteiger partial charge on any atom is -0.356 e. The number of nitrogens with zero attached hydrogens (tertiary/aromatic N) is 5. The number of amides is 1. The first kappa shape index (κ1) is 22.4. The molecule has 11 heteroatoms. The summed E-state index contributed by atoms with van der Waals surface area (Å²) in [5, 5.41) is 8.46. The smallest absolute Gasteiger partial charge is 0.356 e. The van der Waals surface area contributed by atoms with Gasteiger partial charge in [-0.3, -0.25) is 4.79 Å². The van der Waals surface area contributed by atoms with Crippen LogP contribution in [0.15, 0.2) is 35.6 Å². The molecule has 1 saturated heterocycles. The van der Waals surface area contributed by atoms with E-state index in [-0.39, 0.29) is 13.1 Å². The summed E-state index contributed by atoms with van der Waals surface area (Å²) in [6, 6.07) is 4.75. The van der Waals surface area contributed by atoms with E-state index in [1.165, 1.54) is 30.0 Å². The van der Waals surface area contributed by atoms with E-state index in [1.54, 1.807) is 10.9 Å². The largest absolute Gasteiger partial charge is 0.417 e. The number of hydrogen-bond donors (Lipinski definition) is 1. The van der Waals surface area contributed by atoms with Crippen molar-refractivity contribution in [3.05, 3.63) is 41.6 Å². The maximum Gasteiger partial charge on any atom is 0.417 e. The van der Waals surface area contributed by atoms with Crippen molar-refractivity contribution in [2.24, 2.45) is 0 Å². The Balaban J connectivity index is 1.52. The number of carbonyl (C=O) groups is 1. The highest BCUT2D eigenvalue weighted by Gasteiger charge is 2.34. The topological polar surface area (TPSA) is 75.9 Å². The molecule has 3 aromatic rings. The summed E-state index contributed by atoms with van der Waals surface area (Å²) < 4.78 is 41.2. The van der Waals surface area contributed by atoms with Crippen LogP contribution in [0, 0.1) is 0 Å². The third-order valence-corrected chi connectivity index (χ3v) is 5.95. The average molecular weight is 465 g/mol. The normalized spacial score (nSPS) is 14.3. The van der Waals surface area contributed by atoms with Gasteiger partial charge in [0.15, 0.2) is 10.8 Å². The predicted molar refractivity (Wildman–Crippen MR) is 117 cm³/mol. The third-order valence-electron chi connectivity index (χ3n) is 5.22. The van der Waals surface area contributed by atoms with Crippen LogP contribution in [-0.4, -0.2) is 51.0 Å². The quantitative estimate of drug-likeness (QED) is 0.421. The summed E-state index contributed by atoms with van der Waals surface area (Å²) in [6.07, 6.45) is -0.658. The molecule has 0 unspecified atom stereocenters. The number of anilines is 1. The Morgan fingerprint density at radius 1 is 1.19 bits per heavy atom. The summed E-state index contributed by atoms with van der Waals surface area (Å²) in [7, 11) is 0. The van der Waals surface area contributed by atoms with E-state index < -0.39 is 23.2 Å². The van der Waals surface area contributed by atoms with Crippen molar-refractivity contribution in [3.8, 4) is 0 Å². The predicted octanol–water partition coefficient (Wildman–Crippen LogP) is 3.99. The van der Waals surface area contributed by atoms with Crippen molar-refractivity contribution in [2.75, 3.05) is 30.3 Å². The molecule has 0 atom stereocenters. The van der Waals surface area contributed by atoms with Gasteiger partial charge in [0, 0.05) is 19.6 Å². The fourth-order valence-electron chi connectivity index (χ4n) is 3.75. The zero-order chi connectivity index (χ0) is 22.7. The van der Waals surface area contributed by atoms with E-state index in [2.05, 4.69) is 20.3 Å². The standard InChI is InChI=1S/C21H23F3N6OS/c1-2-32-20-27-17(29-10-5-6-11-29)15-13-26-30(18(15)28-20)12-9-25-19(31)14-7-3-4-8-16(14)21(22,23)24/h3-4,7-8,13H,2,5-6,9-12H2,1H3,(H,25,31). The molecule has 1 aromatic carbocycles. The number of rotatable bonds is 7. The van der Waals surface area contributed by atoms with Gasteiger partial charge in [0.05, 0.1) is 29.3 Å². The maximum atomic E-state index is 13.2. The lowest BCUT2D eigenvalue weighted by Gasteiger charge is -2.17. The van der Waals surface area contributed by atoms with Gasteiger partial charge in [-0.05, 0) is 30.7 Å². The molecule has 3 heterocycles. The van der Waals surface area contributed by atoms with Gasteiger partial charge in [-0.1, -0.05) is 30.8 Å². The molecular formula is C21H23F3N6OS. The van der Waals surface area contributed by atoms with Gasteiger partial charge in [-0.15, -0.1) is 0 Å². The summed E-state index contributed by atoms with van der Waals surface area (Å²) in [6.45, 7) is 4.28. The fourth-order valence-corrected chi connectivity index (χ4v) is 4.31. The number of halogens is 3. The molecule has 0 saturated carbocycles. The lowest BCUT2D eigenvalue weighted by Crippen LogP contribution is -2.29. The highest BCUT2D eigenvalue weighted by atomic mass is 32.2. The lowest BCUT2D eigenvalue weighted by molar-refractivity contribution is -0.137. The molecular weight excluding hydrogens is 441 g/mol. The molecule has 170 valence electrons. The van der Waals surface area contributed by atoms with E-state index in [4.69, 9.17) is 4.98 Å². The average Bonchev–Trinajstić information content (AvgIpc) is 3.43. The van der Waals surface area contributed by atoms with Crippen LogP contribution in [0.4, 0.5) is 19.0 Å². The number of thioether (sulfide) groups is 1. The van der Waals surface area contributed by atoms with Crippen LogP contribution in [0.2, 0.25) is 0 Å². The van der Waals surface area contributed by atoms with E-state index in [1.807, 2.05) is 6.92 Å². The van der Waals surface area contributed by atoms with Crippen LogP contribution in [-0.2, 0) is 12.7 Å². The number of benzene rings is 1.